The maximum Gasteiger partial charge on any atom is 0.375 e. The second-order valence-corrected chi connectivity index (χ2v) is 5.74. The summed E-state index contributed by atoms with van der Waals surface area (Å²) in [6.07, 6.45) is 0.291. The molecular formula is C21H19NO5. The van der Waals surface area contributed by atoms with Crippen LogP contribution in [-0.4, -0.2) is 19.0 Å². The van der Waals surface area contributed by atoms with Crippen LogP contribution in [0.1, 0.15) is 27.8 Å². The number of methoxy groups -OCH3 is 1. The summed E-state index contributed by atoms with van der Waals surface area (Å²) in [5, 5.41) is 2.80. The molecule has 3 aromatic rings. The zero-order chi connectivity index (χ0) is 19.1. The minimum atomic E-state index is -1.08. The van der Waals surface area contributed by atoms with Crippen molar-refractivity contribution in [1.82, 2.24) is 5.32 Å². The Hall–Kier alpha value is -3.54. The summed E-state index contributed by atoms with van der Waals surface area (Å²) in [4.78, 5) is 24.9. The number of hydrogen-bond acceptors (Lipinski definition) is 5. The lowest BCUT2D eigenvalue weighted by Gasteiger charge is -2.17. The Morgan fingerprint density at radius 1 is 1.00 bits per heavy atom. The first-order valence-electron chi connectivity index (χ1n) is 8.37. The molecule has 0 bridgehead atoms. The van der Waals surface area contributed by atoms with Crippen molar-refractivity contribution >= 4 is 11.9 Å². The van der Waals surface area contributed by atoms with E-state index in [1.165, 1.54) is 12.3 Å². The molecule has 0 radical (unpaired) electrons. The highest BCUT2D eigenvalue weighted by Gasteiger charge is 2.26. The van der Waals surface area contributed by atoms with Gasteiger partial charge in [0, 0.05) is 12.1 Å². The highest BCUT2D eigenvalue weighted by atomic mass is 16.6. The molecule has 1 aromatic heterocycles. The summed E-state index contributed by atoms with van der Waals surface area (Å²) in [7, 11) is 1.59. The number of carbonyl (C=O) groups excluding carboxylic acids is 2. The maximum absolute atomic E-state index is 12.7. The maximum atomic E-state index is 12.7. The molecular weight excluding hydrogens is 346 g/mol. The fourth-order valence-corrected chi connectivity index (χ4v) is 2.49. The van der Waals surface area contributed by atoms with Crippen molar-refractivity contribution in [2.24, 2.45) is 0 Å². The van der Waals surface area contributed by atoms with E-state index in [1.807, 2.05) is 30.3 Å². The van der Waals surface area contributed by atoms with Gasteiger partial charge in [0.25, 0.3) is 5.91 Å². The predicted molar refractivity (Wildman–Crippen MR) is 98.1 cm³/mol. The van der Waals surface area contributed by atoms with Gasteiger partial charge in [-0.2, -0.15) is 0 Å². The fraction of sp³-hybridized carbons (Fsp3) is 0.143. The zero-order valence-corrected chi connectivity index (χ0v) is 14.8. The highest BCUT2D eigenvalue weighted by Crippen LogP contribution is 2.20. The van der Waals surface area contributed by atoms with Crippen molar-refractivity contribution in [3.8, 4) is 5.75 Å². The minimum Gasteiger partial charge on any atom is -0.497 e. The zero-order valence-electron chi connectivity index (χ0n) is 14.8. The number of furan rings is 1. The number of carbonyl (C=O) groups is 2. The molecule has 0 unspecified atom stereocenters. The number of hydrogen-bond donors (Lipinski definition) is 1. The highest BCUT2D eigenvalue weighted by molar-refractivity contribution is 5.90. The molecule has 1 heterocycles. The molecule has 6 nitrogen and oxygen atoms in total. The van der Waals surface area contributed by atoms with E-state index in [9.17, 15) is 9.59 Å². The van der Waals surface area contributed by atoms with Gasteiger partial charge >= 0.3 is 5.97 Å². The van der Waals surface area contributed by atoms with Gasteiger partial charge in [-0.3, -0.25) is 4.79 Å². The Bertz CT molecular complexity index is 873. The lowest BCUT2D eigenvalue weighted by Crippen LogP contribution is -2.31. The van der Waals surface area contributed by atoms with Crippen molar-refractivity contribution < 1.29 is 23.5 Å². The van der Waals surface area contributed by atoms with E-state index in [-0.39, 0.29) is 5.76 Å². The summed E-state index contributed by atoms with van der Waals surface area (Å²) >= 11 is 0. The molecule has 0 aliphatic carbocycles. The largest absolute Gasteiger partial charge is 0.497 e. The molecule has 0 aliphatic rings. The van der Waals surface area contributed by atoms with Crippen molar-refractivity contribution in [3.63, 3.8) is 0 Å². The van der Waals surface area contributed by atoms with Gasteiger partial charge in [0.2, 0.25) is 11.9 Å². The van der Waals surface area contributed by atoms with E-state index in [4.69, 9.17) is 13.9 Å². The van der Waals surface area contributed by atoms with E-state index in [0.29, 0.717) is 12.1 Å². The Balaban J connectivity index is 1.71. The number of rotatable bonds is 7. The van der Waals surface area contributed by atoms with Crippen molar-refractivity contribution in [3.05, 3.63) is 89.9 Å². The topological polar surface area (TPSA) is 77.8 Å². The third kappa shape index (κ3) is 4.76. The van der Waals surface area contributed by atoms with Crippen LogP contribution in [0, 0.1) is 0 Å². The Labute approximate surface area is 156 Å². The molecule has 3 rings (SSSR count). The normalized spacial score (nSPS) is 11.4. The molecule has 0 spiro atoms. The lowest BCUT2D eigenvalue weighted by atomic mass is 10.1. The van der Waals surface area contributed by atoms with E-state index in [1.54, 1.807) is 37.4 Å². The standard InChI is InChI=1S/C21H19NO5/c1-25-17-11-9-15(10-12-17)14-22-20(23)19(16-6-3-2-4-7-16)27-21(24)18-8-5-13-26-18/h2-13,19H,14H2,1H3,(H,22,23)/t19-/m0/s1. The van der Waals surface area contributed by atoms with Crippen LogP contribution in [0.15, 0.2) is 77.4 Å². The SMILES string of the molecule is COc1ccc(CNC(=O)[C@@H](OC(=O)c2ccco2)c2ccccc2)cc1. The van der Waals surface area contributed by atoms with Crippen LogP contribution in [0.5, 0.6) is 5.75 Å². The minimum absolute atomic E-state index is 0.0406. The van der Waals surface area contributed by atoms with Crippen LogP contribution in [0.4, 0.5) is 0 Å². The summed E-state index contributed by atoms with van der Waals surface area (Å²) in [5.74, 6) is -0.344. The van der Waals surface area contributed by atoms with Gasteiger partial charge < -0.3 is 19.2 Å². The van der Waals surface area contributed by atoms with Crippen LogP contribution >= 0.6 is 0 Å². The van der Waals surface area contributed by atoms with Gasteiger partial charge in [-0.1, -0.05) is 42.5 Å². The number of benzene rings is 2. The van der Waals surface area contributed by atoms with Gasteiger partial charge in [0.05, 0.1) is 13.4 Å². The Morgan fingerprint density at radius 2 is 1.74 bits per heavy atom. The third-order valence-electron chi connectivity index (χ3n) is 3.91. The summed E-state index contributed by atoms with van der Waals surface area (Å²) < 4.78 is 15.6. The molecule has 138 valence electrons. The number of ether oxygens (including phenoxy) is 2. The van der Waals surface area contributed by atoms with E-state index in [2.05, 4.69) is 5.32 Å². The van der Waals surface area contributed by atoms with Crippen molar-refractivity contribution in [1.29, 1.82) is 0 Å². The van der Waals surface area contributed by atoms with Crippen LogP contribution in [-0.2, 0) is 16.1 Å². The van der Waals surface area contributed by atoms with Gasteiger partial charge in [0.15, 0.2) is 0 Å². The molecule has 1 N–H and O–H groups in total. The molecule has 2 aromatic carbocycles. The summed E-state index contributed by atoms with van der Waals surface area (Å²) in [6.45, 7) is 0.296. The van der Waals surface area contributed by atoms with E-state index in [0.717, 1.165) is 11.3 Å². The van der Waals surface area contributed by atoms with Crippen molar-refractivity contribution in [2.45, 2.75) is 12.6 Å². The summed E-state index contributed by atoms with van der Waals surface area (Å²) in [6, 6.07) is 19.2. The quantitative estimate of drug-likeness (QED) is 0.649. The lowest BCUT2D eigenvalue weighted by molar-refractivity contribution is -0.130. The first kappa shape index (κ1) is 18.3. The third-order valence-corrected chi connectivity index (χ3v) is 3.91. The first-order chi connectivity index (χ1) is 13.2. The van der Waals surface area contributed by atoms with Crippen LogP contribution in [0.3, 0.4) is 0 Å². The van der Waals surface area contributed by atoms with E-state index < -0.39 is 18.0 Å². The van der Waals surface area contributed by atoms with Gasteiger partial charge in [-0.25, -0.2) is 4.79 Å². The number of amides is 1. The molecule has 1 atom stereocenters. The molecule has 0 fully saturated rings. The van der Waals surface area contributed by atoms with E-state index >= 15 is 0 Å². The van der Waals surface area contributed by atoms with Crippen LogP contribution in [0.2, 0.25) is 0 Å². The van der Waals surface area contributed by atoms with Gasteiger partial charge in [-0.15, -0.1) is 0 Å². The Morgan fingerprint density at radius 3 is 2.37 bits per heavy atom. The molecule has 0 aliphatic heterocycles. The van der Waals surface area contributed by atoms with Gasteiger partial charge in [0.1, 0.15) is 5.75 Å². The second kappa shape index (κ2) is 8.71. The fourth-order valence-electron chi connectivity index (χ4n) is 2.49. The molecule has 6 heteroatoms. The predicted octanol–water partition coefficient (Wildman–Crippen LogP) is 3.50. The summed E-state index contributed by atoms with van der Waals surface area (Å²) in [5.41, 5.74) is 1.47. The van der Waals surface area contributed by atoms with Gasteiger partial charge in [-0.05, 0) is 29.8 Å². The average molecular weight is 365 g/mol. The number of nitrogens with one attached hydrogen (secondary N) is 1. The van der Waals surface area contributed by atoms with Crippen LogP contribution < -0.4 is 10.1 Å². The molecule has 27 heavy (non-hydrogen) atoms. The second-order valence-electron chi connectivity index (χ2n) is 5.74. The number of esters is 1. The molecule has 0 saturated carbocycles. The van der Waals surface area contributed by atoms with Crippen molar-refractivity contribution in [2.75, 3.05) is 7.11 Å². The molecule has 1 amide bonds. The molecule has 0 saturated heterocycles. The average Bonchev–Trinajstić information content (AvgIpc) is 3.26. The monoisotopic (exact) mass is 365 g/mol. The smallest absolute Gasteiger partial charge is 0.375 e. The van der Waals surface area contributed by atoms with Crippen LogP contribution in [0.25, 0.3) is 0 Å². The Kier molecular flexibility index (Phi) is 5.89. The first-order valence-corrected chi connectivity index (χ1v) is 8.37.